The van der Waals surface area contributed by atoms with Crippen LogP contribution in [0.25, 0.3) is 16.6 Å². The normalized spacial score (nSPS) is 22.2. The minimum Gasteiger partial charge on any atom is -0.369 e. The van der Waals surface area contributed by atoms with E-state index >= 15 is 8.78 Å². The van der Waals surface area contributed by atoms with Crippen LogP contribution in [-0.4, -0.2) is 27.5 Å². The molecule has 6 nitrogen and oxygen atoms in total. The minimum absolute atomic E-state index is 0.219. The molecule has 0 radical (unpaired) electrons. The van der Waals surface area contributed by atoms with Crippen molar-refractivity contribution < 1.29 is 22.8 Å². The average Bonchev–Trinajstić information content (AvgIpc) is 3.51. The van der Waals surface area contributed by atoms with Gasteiger partial charge in [-0.3, -0.25) is 14.5 Å². The van der Waals surface area contributed by atoms with E-state index in [-0.39, 0.29) is 24.3 Å². The first-order valence-corrected chi connectivity index (χ1v) is 11.5. The molecule has 2 aliphatic rings. The van der Waals surface area contributed by atoms with E-state index in [1.165, 1.54) is 12.1 Å². The quantitative estimate of drug-likeness (QED) is 0.438. The fourth-order valence-corrected chi connectivity index (χ4v) is 5.49. The molecule has 6 rings (SSSR count). The number of alkyl halides is 2. The number of nitrogens with two attached hydrogens (primary N) is 1. The fourth-order valence-electron chi connectivity index (χ4n) is 5.49. The van der Waals surface area contributed by atoms with Gasteiger partial charge in [-0.15, -0.1) is 0 Å². The number of carbonyl (C=O) groups excluding carboxylic acids is 2. The molecule has 2 atom stereocenters. The number of benzene rings is 3. The van der Waals surface area contributed by atoms with E-state index in [0.29, 0.717) is 22.2 Å². The van der Waals surface area contributed by atoms with Crippen LogP contribution in [0.4, 0.5) is 18.9 Å². The number of rotatable bonds is 5. The molecule has 0 unspecified atom stereocenters. The molecule has 0 bridgehead atoms. The number of fused-ring (bicyclic) bond motifs is 1. The second kappa shape index (κ2) is 7.68. The van der Waals surface area contributed by atoms with Gasteiger partial charge < -0.3 is 5.73 Å². The zero-order valence-electron chi connectivity index (χ0n) is 18.9. The van der Waals surface area contributed by atoms with Crippen molar-refractivity contribution in [1.82, 2.24) is 9.78 Å². The molecule has 2 amide bonds. The van der Waals surface area contributed by atoms with Crippen LogP contribution in [0, 0.1) is 17.2 Å². The maximum absolute atomic E-state index is 15.7. The van der Waals surface area contributed by atoms with Gasteiger partial charge in [-0.1, -0.05) is 30.3 Å². The number of carbonyl (C=O) groups is 2. The summed E-state index contributed by atoms with van der Waals surface area (Å²) < 4.78 is 46.3. The number of amides is 2. The van der Waals surface area contributed by atoms with Crippen molar-refractivity contribution in [3.8, 4) is 5.69 Å². The highest BCUT2D eigenvalue weighted by molar-refractivity contribution is 6.04. The van der Waals surface area contributed by atoms with Crippen LogP contribution in [0.1, 0.15) is 24.4 Å². The van der Waals surface area contributed by atoms with Crippen LogP contribution < -0.4 is 10.6 Å². The van der Waals surface area contributed by atoms with Crippen molar-refractivity contribution in [2.24, 2.45) is 17.1 Å². The largest absolute Gasteiger partial charge is 0.369 e. The Labute approximate surface area is 204 Å². The number of hydrogen-bond acceptors (Lipinski definition) is 3. The lowest BCUT2D eigenvalue weighted by atomic mass is 9.78. The van der Waals surface area contributed by atoms with E-state index < -0.39 is 35.1 Å². The first-order valence-electron chi connectivity index (χ1n) is 11.5. The Hall–Kier alpha value is -4.14. The van der Waals surface area contributed by atoms with Gasteiger partial charge in [0.15, 0.2) is 0 Å². The van der Waals surface area contributed by atoms with Crippen LogP contribution in [0.2, 0.25) is 0 Å². The van der Waals surface area contributed by atoms with Crippen molar-refractivity contribution in [2.45, 2.75) is 24.8 Å². The van der Waals surface area contributed by atoms with Crippen molar-refractivity contribution in [3.05, 3.63) is 90.4 Å². The van der Waals surface area contributed by atoms with Gasteiger partial charge in [0, 0.05) is 11.1 Å². The summed E-state index contributed by atoms with van der Waals surface area (Å²) in [4.78, 5) is 26.7. The Balaban J connectivity index is 1.49. The van der Waals surface area contributed by atoms with Gasteiger partial charge in [0.1, 0.15) is 5.82 Å². The van der Waals surface area contributed by atoms with E-state index in [2.05, 4.69) is 5.10 Å². The van der Waals surface area contributed by atoms with Crippen LogP contribution in [0.15, 0.2) is 79.0 Å². The Morgan fingerprint density at radius 1 is 0.972 bits per heavy atom. The molecule has 182 valence electrons. The Morgan fingerprint density at radius 3 is 2.28 bits per heavy atom. The lowest BCUT2D eigenvalue weighted by molar-refractivity contribution is -0.150. The molecule has 3 aromatic carbocycles. The SMILES string of the molecule is NC(=O)C1([C@@H]2[C@H](c3ccccc3)N(c3ccc4c(cnn4-c4ccc(F)cc4)c3)C(=O)C2(F)F)CC1. The Bertz CT molecular complexity index is 1500. The molecule has 2 fully saturated rings. The standard InChI is InChI=1S/C27H21F3N4O2/c28-18-6-8-19(9-7-18)34-21-11-10-20(14-17(21)15-32-34)33-22(16-4-2-1-3-5-16)23(27(29,30)25(33)36)26(12-13-26)24(31)35/h1-11,14-15,22-23H,12-13H2,(H2,31,35)/t22-,23-/m0/s1. The third kappa shape index (κ3) is 3.15. The van der Waals surface area contributed by atoms with Gasteiger partial charge in [-0.25, -0.2) is 9.07 Å². The summed E-state index contributed by atoms with van der Waals surface area (Å²) >= 11 is 0. The molecule has 1 saturated heterocycles. The van der Waals surface area contributed by atoms with Crippen molar-refractivity contribution in [3.63, 3.8) is 0 Å². The monoisotopic (exact) mass is 490 g/mol. The van der Waals surface area contributed by atoms with E-state index in [1.54, 1.807) is 71.5 Å². The third-order valence-corrected chi connectivity index (χ3v) is 7.41. The summed E-state index contributed by atoms with van der Waals surface area (Å²) in [6, 6.07) is 18.2. The maximum Gasteiger partial charge on any atom is 0.331 e. The number of halogens is 3. The molecule has 4 aromatic rings. The molecular weight excluding hydrogens is 469 g/mol. The first kappa shape index (κ1) is 22.3. The van der Waals surface area contributed by atoms with Gasteiger partial charge in [0.05, 0.1) is 34.8 Å². The number of primary amides is 1. The lowest BCUT2D eigenvalue weighted by Gasteiger charge is -2.32. The summed E-state index contributed by atoms with van der Waals surface area (Å²) in [6.45, 7) is 0. The summed E-state index contributed by atoms with van der Waals surface area (Å²) in [5.41, 5.74) is 6.23. The van der Waals surface area contributed by atoms with Crippen molar-refractivity contribution in [2.75, 3.05) is 4.90 Å². The van der Waals surface area contributed by atoms with Crippen LogP contribution in [0.5, 0.6) is 0 Å². The molecular formula is C27H21F3N4O2. The Morgan fingerprint density at radius 2 is 1.64 bits per heavy atom. The van der Waals surface area contributed by atoms with Crippen LogP contribution in [0.3, 0.4) is 0 Å². The average molecular weight is 490 g/mol. The zero-order chi connectivity index (χ0) is 25.2. The van der Waals surface area contributed by atoms with E-state index in [4.69, 9.17) is 5.73 Å². The molecule has 1 aliphatic heterocycles. The number of aromatic nitrogens is 2. The first-order chi connectivity index (χ1) is 17.2. The molecule has 0 spiro atoms. The van der Waals surface area contributed by atoms with E-state index in [1.807, 2.05) is 0 Å². The topological polar surface area (TPSA) is 81.2 Å². The predicted octanol–water partition coefficient (Wildman–Crippen LogP) is 4.77. The van der Waals surface area contributed by atoms with E-state index in [0.717, 1.165) is 4.90 Å². The van der Waals surface area contributed by atoms with E-state index in [9.17, 15) is 14.0 Å². The highest BCUT2D eigenvalue weighted by Gasteiger charge is 2.73. The number of hydrogen-bond donors (Lipinski definition) is 1. The summed E-state index contributed by atoms with van der Waals surface area (Å²) in [6.07, 6.45) is 1.99. The van der Waals surface area contributed by atoms with Gasteiger partial charge in [0.25, 0.3) is 5.91 Å². The minimum atomic E-state index is -3.78. The molecule has 2 N–H and O–H groups in total. The maximum atomic E-state index is 15.7. The Kier molecular flexibility index (Phi) is 4.76. The zero-order valence-corrected chi connectivity index (χ0v) is 18.9. The summed E-state index contributed by atoms with van der Waals surface area (Å²) in [7, 11) is 0. The molecule has 2 heterocycles. The molecule has 1 saturated carbocycles. The molecule has 1 aliphatic carbocycles. The summed E-state index contributed by atoms with van der Waals surface area (Å²) in [5, 5.41) is 4.97. The third-order valence-electron chi connectivity index (χ3n) is 7.41. The second-order valence-electron chi connectivity index (χ2n) is 9.43. The second-order valence-corrected chi connectivity index (χ2v) is 9.43. The molecule has 36 heavy (non-hydrogen) atoms. The van der Waals surface area contributed by atoms with Gasteiger partial charge >= 0.3 is 5.92 Å². The molecule has 9 heteroatoms. The number of anilines is 1. The predicted molar refractivity (Wildman–Crippen MR) is 127 cm³/mol. The van der Waals surface area contributed by atoms with Gasteiger partial charge in [-0.05, 0) is 60.9 Å². The van der Waals surface area contributed by atoms with Crippen molar-refractivity contribution >= 4 is 28.4 Å². The highest BCUT2D eigenvalue weighted by atomic mass is 19.3. The van der Waals surface area contributed by atoms with Crippen molar-refractivity contribution in [1.29, 1.82) is 0 Å². The lowest BCUT2D eigenvalue weighted by Crippen LogP contribution is -2.43. The van der Waals surface area contributed by atoms with Gasteiger partial charge in [-0.2, -0.15) is 13.9 Å². The molecule has 1 aromatic heterocycles. The smallest absolute Gasteiger partial charge is 0.331 e. The fraction of sp³-hybridized carbons (Fsp3) is 0.222. The van der Waals surface area contributed by atoms with Crippen LogP contribution in [-0.2, 0) is 9.59 Å². The highest BCUT2D eigenvalue weighted by Crippen LogP contribution is 2.65. The number of nitrogens with zero attached hydrogens (tertiary/aromatic N) is 3. The summed E-state index contributed by atoms with van der Waals surface area (Å²) in [5.74, 6) is -7.91. The van der Waals surface area contributed by atoms with Crippen LogP contribution >= 0.6 is 0 Å². The van der Waals surface area contributed by atoms with Gasteiger partial charge in [0.2, 0.25) is 5.91 Å².